The van der Waals surface area contributed by atoms with Crippen LogP contribution in [0.15, 0.2) is 42.6 Å². The van der Waals surface area contributed by atoms with Crippen LogP contribution in [0.3, 0.4) is 0 Å². The molecule has 1 aromatic carbocycles. The van der Waals surface area contributed by atoms with Crippen molar-refractivity contribution in [1.29, 1.82) is 0 Å². The SMILES string of the molecule is Cc1ccnc(NC(=O)NCc2ccccc2C)c1. The molecule has 0 saturated carbocycles. The third-order valence-corrected chi connectivity index (χ3v) is 2.86. The van der Waals surface area contributed by atoms with Crippen LogP contribution in [0.4, 0.5) is 10.6 Å². The first-order valence-corrected chi connectivity index (χ1v) is 6.17. The zero-order chi connectivity index (χ0) is 13.7. The molecule has 2 amide bonds. The van der Waals surface area contributed by atoms with Gasteiger partial charge in [-0.1, -0.05) is 24.3 Å². The Bertz CT molecular complexity index is 581. The highest BCUT2D eigenvalue weighted by Crippen LogP contribution is 2.07. The fourth-order valence-corrected chi connectivity index (χ4v) is 1.75. The predicted octanol–water partition coefficient (Wildman–Crippen LogP) is 3.02. The second kappa shape index (κ2) is 6.00. The first-order chi connectivity index (χ1) is 9.15. The average molecular weight is 255 g/mol. The van der Waals surface area contributed by atoms with E-state index in [1.165, 1.54) is 0 Å². The number of carbonyl (C=O) groups is 1. The van der Waals surface area contributed by atoms with E-state index in [-0.39, 0.29) is 6.03 Å². The molecule has 0 aliphatic carbocycles. The maximum atomic E-state index is 11.7. The van der Waals surface area contributed by atoms with Crippen LogP contribution in [0, 0.1) is 13.8 Å². The quantitative estimate of drug-likeness (QED) is 0.885. The molecule has 0 aliphatic heterocycles. The van der Waals surface area contributed by atoms with Gasteiger partial charge in [-0.15, -0.1) is 0 Å². The molecular weight excluding hydrogens is 238 g/mol. The lowest BCUT2D eigenvalue weighted by Crippen LogP contribution is -2.28. The van der Waals surface area contributed by atoms with Crippen molar-refractivity contribution < 1.29 is 4.79 Å². The lowest BCUT2D eigenvalue weighted by Gasteiger charge is -2.09. The molecular formula is C15H17N3O. The molecule has 1 heterocycles. The monoisotopic (exact) mass is 255 g/mol. The third-order valence-electron chi connectivity index (χ3n) is 2.86. The van der Waals surface area contributed by atoms with Crippen molar-refractivity contribution >= 4 is 11.8 Å². The maximum absolute atomic E-state index is 11.7. The van der Waals surface area contributed by atoms with E-state index in [4.69, 9.17) is 0 Å². The number of hydrogen-bond donors (Lipinski definition) is 2. The number of rotatable bonds is 3. The summed E-state index contributed by atoms with van der Waals surface area (Å²) >= 11 is 0. The minimum atomic E-state index is -0.249. The smallest absolute Gasteiger partial charge is 0.320 e. The van der Waals surface area contributed by atoms with Crippen LogP contribution in [-0.2, 0) is 6.54 Å². The molecule has 0 bridgehead atoms. The molecule has 2 aromatic rings. The second-order valence-electron chi connectivity index (χ2n) is 4.45. The Hall–Kier alpha value is -2.36. The predicted molar refractivity (Wildman–Crippen MR) is 76.0 cm³/mol. The molecule has 0 atom stereocenters. The van der Waals surface area contributed by atoms with Crippen molar-refractivity contribution in [3.8, 4) is 0 Å². The van der Waals surface area contributed by atoms with Gasteiger partial charge in [-0.25, -0.2) is 9.78 Å². The van der Waals surface area contributed by atoms with Crippen molar-refractivity contribution in [2.45, 2.75) is 20.4 Å². The van der Waals surface area contributed by atoms with Crippen LogP contribution in [-0.4, -0.2) is 11.0 Å². The van der Waals surface area contributed by atoms with Crippen molar-refractivity contribution in [3.63, 3.8) is 0 Å². The van der Waals surface area contributed by atoms with Crippen LogP contribution in [0.25, 0.3) is 0 Å². The highest BCUT2D eigenvalue weighted by atomic mass is 16.2. The molecule has 0 aliphatic rings. The van der Waals surface area contributed by atoms with E-state index < -0.39 is 0 Å². The average Bonchev–Trinajstić information content (AvgIpc) is 2.38. The number of benzene rings is 1. The molecule has 1 aromatic heterocycles. The maximum Gasteiger partial charge on any atom is 0.320 e. The Morgan fingerprint density at radius 1 is 1.21 bits per heavy atom. The zero-order valence-corrected chi connectivity index (χ0v) is 11.1. The number of nitrogens with one attached hydrogen (secondary N) is 2. The number of aromatic nitrogens is 1. The van der Waals surface area contributed by atoms with Gasteiger partial charge >= 0.3 is 6.03 Å². The van der Waals surface area contributed by atoms with Gasteiger partial charge in [0.25, 0.3) is 0 Å². The Kier molecular flexibility index (Phi) is 4.13. The van der Waals surface area contributed by atoms with Gasteiger partial charge < -0.3 is 5.32 Å². The van der Waals surface area contributed by atoms with Gasteiger partial charge in [0, 0.05) is 12.7 Å². The molecule has 4 nitrogen and oxygen atoms in total. The number of anilines is 1. The Balaban J connectivity index is 1.90. The molecule has 0 unspecified atom stereocenters. The number of carbonyl (C=O) groups excluding carboxylic acids is 1. The highest BCUT2D eigenvalue weighted by molar-refractivity contribution is 5.88. The first kappa shape index (κ1) is 13.1. The number of nitrogens with zero attached hydrogens (tertiary/aromatic N) is 1. The molecule has 0 saturated heterocycles. The van der Waals surface area contributed by atoms with E-state index in [0.29, 0.717) is 12.4 Å². The molecule has 0 spiro atoms. The van der Waals surface area contributed by atoms with Crippen molar-refractivity contribution in [1.82, 2.24) is 10.3 Å². The van der Waals surface area contributed by atoms with Crippen molar-refractivity contribution in [2.24, 2.45) is 0 Å². The standard InChI is InChI=1S/C15H17N3O/c1-11-7-8-16-14(9-11)18-15(19)17-10-13-6-4-3-5-12(13)2/h3-9H,10H2,1-2H3,(H2,16,17,18,19). The van der Waals surface area contributed by atoms with E-state index in [9.17, 15) is 4.79 Å². The summed E-state index contributed by atoms with van der Waals surface area (Å²) in [6.07, 6.45) is 1.67. The van der Waals surface area contributed by atoms with Crippen LogP contribution in [0.5, 0.6) is 0 Å². The molecule has 2 N–H and O–H groups in total. The number of urea groups is 1. The zero-order valence-electron chi connectivity index (χ0n) is 11.1. The van der Waals surface area contributed by atoms with E-state index in [1.807, 2.05) is 50.2 Å². The Labute approximate surface area is 112 Å². The van der Waals surface area contributed by atoms with Gasteiger partial charge in [0.2, 0.25) is 0 Å². The number of amides is 2. The van der Waals surface area contributed by atoms with E-state index in [1.54, 1.807) is 6.20 Å². The second-order valence-corrected chi connectivity index (χ2v) is 4.45. The van der Waals surface area contributed by atoms with E-state index in [2.05, 4.69) is 15.6 Å². The minimum absolute atomic E-state index is 0.249. The van der Waals surface area contributed by atoms with Gasteiger partial charge in [-0.05, 0) is 42.7 Å². The minimum Gasteiger partial charge on any atom is -0.334 e. The van der Waals surface area contributed by atoms with Crippen LogP contribution in [0.1, 0.15) is 16.7 Å². The van der Waals surface area contributed by atoms with Gasteiger partial charge in [-0.3, -0.25) is 5.32 Å². The molecule has 4 heteroatoms. The van der Waals surface area contributed by atoms with Gasteiger partial charge in [0.1, 0.15) is 5.82 Å². The number of pyridine rings is 1. The first-order valence-electron chi connectivity index (χ1n) is 6.17. The van der Waals surface area contributed by atoms with Crippen LogP contribution >= 0.6 is 0 Å². The fourth-order valence-electron chi connectivity index (χ4n) is 1.75. The third kappa shape index (κ3) is 3.81. The summed E-state index contributed by atoms with van der Waals surface area (Å²) in [6.45, 7) is 4.49. The van der Waals surface area contributed by atoms with Gasteiger partial charge in [0.05, 0.1) is 0 Å². The molecule has 19 heavy (non-hydrogen) atoms. The fraction of sp³-hybridized carbons (Fsp3) is 0.200. The summed E-state index contributed by atoms with van der Waals surface area (Å²) in [6, 6.07) is 11.4. The lowest BCUT2D eigenvalue weighted by atomic mass is 10.1. The summed E-state index contributed by atoms with van der Waals surface area (Å²) in [5, 5.41) is 5.53. The Morgan fingerprint density at radius 2 is 2.00 bits per heavy atom. The largest absolute Gasteiger partial charge is 0.334 e. The van der Waals surface area contributed by atoms with Crippen molar-refractivity contribution in [3.05, 3.63) is 59.3 Å². The summed E-state index contributed by atoms with van der Waals surface area (Å²) in [4.78, 5) is 15.8. The van der Waals surface area contributed by atoms with E-state index >= 15 is 0 Å². The summed E-state index contributed by atoms with van der Waals surface area (Å²) in [5.74, 6) is 0.558. The molecule has 98 valence electrons. The van der Waals surface area contributed by atoms with Gasteiger partial charge in [0.15, 0.2) is 0 Å². The van der Waals surface area contributed by atoms with Crippen LogP contribution in [0.2, 0.25) is 0 Å². The highest BCUT2D eigenvalue weighted by Gasteiger charge is 2.03. The van der Waals surface area contributed by atoms with Gasteiger partial charge in [-0.2, -0.15) is 0 Å². The number of hydrogen-bond acceptors (Lipinski definition) is 2. The van der Waals surface area contributed by atoms with Crippen molar-refractivity contribution in [2.75, 3.05) is 5.32 Å². The molecule has 0 radical (unpaired) electrons. The summed E-state index contributed by atoms with van der Waals surface area (Å²) < 4.78 is 0. The normalized spacial score (nSPS) is 10.0. The van der Waals surface area contributed by atoms with E-state index in [0.717, 1.165) is 16.7 Å². The topological polar surface area (TPSA) is 54.0 Å². The Morgan fingerprint density at radius 3 is 2.74 bits per heavy atom. The molecule has 2 rings (SSSR count). The summed E-state index contributed by atoms with van der Waals surface area (Å²) in [7, 11) is 0. The lowest BCUT2D eigenvalue weighted by molar-refractivity contribution is 0.251. The van der Waals surface area contributed by atoms with Crippen LogP contribution < -0.4 is 10.6 Å². The molecule has 0 fully saturated rings. The number of aryl methyl sites for hydroxylation is 2. The summed E-state index contributed by atoms with van der Waals surface area (Å²) in [5.41, 5.74) is 3.33.